The van der Waals surface area contributed by atoms with Crippen LogP contribution in [0.2, 0.25) is 0 Å². The molecule has 1 aliphatic carbocycles. The van der Waals surface area contributed by atoms with Crippen LogP contribution in [0.5, 0.6) is 0 Å². The standard InChI is InChI=1S/C22H28FN3O3/c1-15-19(11-12-27)22(29)26(21(24-15)16-7-6-8-17(23)13-16)14-20(28)25(2)18-9-4-3-5-10-18/h6-8,13,18,27H,3-5,9-12,14H2,1-2H3. The van der Waals surface area contributed by atoms with Gasteiger partial charge in [-0.25, -0.2) is 9.37 Å². The maximum absolute atomic E-state index is 13.8. The second kappa shape index (κ2) is 9.31. The molecular formula is C22H28FN3O3. The molecule has 1 N–H and O–H groups in total. The summed E-state index contributed by atoms with van der Waals surface area (Å²) < 4.78 is 15.1. The van der Waals surface area contributed by atoms with Gasteiger partial charge in [0, 0.05) is 42.9 Å². The van der Waals surface area contributed by atoms with Crippen LogP contribution in [0.15, 0.2) is 29.1 Å². The van der Waals surface area contributed by atoms with Crippen LogP contribution in [-0.4, -0.2) is 45.2 Å². The molecule has 1 saturated carbocycles. The molecule has 2 aromatic rings. The van der Waals surface area contributed by atoms with Gasteiger partial charge in [-0.3, -0.25) is 14.2 Å². The lowest BCUT2D eigenvalue weighted by Gasteiger charge is -2.31. The van der Waals surface area contributed by atoms with Crippen molar-refractivity contribution in [3.8, 4) is 11.4 Å². The lowest BCUT2D eigenvalue weighted by Crippen LogP contribution is -2.42. The van der Waals surface area contributed by atoms with Gasteiger partial charge in [0.1, 0.15) is 18.2 Å². The molecule has 1 heterocycles. The highest BCUT2D eigenvalue weighted by molar-refractivity contribution is 5.77. The number of aliphatic hydroxyl groups is 1. The monoisotopic (exact) mass is 401 g/mol. The van der Waals surface area contributed by atoms with Gasteiger partial charge in [-0.15, -0.1) is 0 Å². The number of likely N-dealkylation sites (N-methyl/N-ethyl adjacent to an activating group) is 1. The predicted molar refractivity (Wildman–Crippen MR) is 109 cm³/mol. The molecule has 1 amide bonds. The molecule has 0 saturated heterocycles. The smallest absolute Gasteiger partial charge is 0.257 e. The van der Waals surface area contributed by atoms with Crippen molar-refractivity contribution in [2.24, 2.45) is 0 Å². The lowest BCUT2D eigenvalue weighted by atomic mass is 9.94. The first-order valence-electron chi connectivity index (χ1n) is 10.1. The third-order valence-electron chi connectivity index (χ3n) is 5.72. The van der Waals surface area contributed by atoms with Crippen molar-refractivity contribution in [2.45, 2.75) is 58.0 Å². The van der Waals surface area contributed by atoms with E-state index in [0.29, 0.717) is 16.8 Å². The number of aromatic nitrogens is 2. The molecule has 6 nitrogen and oxygen atoms in total. The third-order valence-corrected chi connectivity index (χ3v) is 5.72. The van der Waals surface area contributed by atoms with Crippen molar-refractivity contribution in [1.82, 2.24) is 14.5 Å². The molecule has 29 heavy (non-hydrogen) atoms. The average Bonchev–Trinajstić information content (AvgIpc) is 2.73. The normalized spacial score (nSPS) is 14.8. The van der Waals surface area contributed by atoms with E-state index >= 15 is 0 Å². The van der Waals surface area contributed by atoms with Gasteiger partial charge in [-0.2, -0.15) is 0 Å². The summed E-state index contributed by atoms with van der Waals surface area (Å²) in [5, 5.41) is 9.32. The Kier molecular flexibility index (Phi) is 6.79. The van der Waals surface area contributed by atoms with E-state index in [2.05, 4.69) is 4.98 Å². The van der Waals surface area contributed by atoms with Gasteiger partial charge in [0.2, 0.25) is 5.91 Å². The number of carbonyl (C=O) groups excluding carboxylic acids is 1. The van der Waals surface area contributed by atoms with E-state index in [4.69, 9.17) is 0 Å². The number of hydrogen-bond donors (Lipinski definition) is 1. The Labute approximate surface area is 170 Å². The molecule has 156 valence electrons. The van der Waals surface area contributed by atoms with Gasteiger partial charge < -0.3 is 10.0 Å². The number of halogens is 1. The summed E-state index contributed by atoms with van der Waals surface area (Å²) in [6, 6.07) is 6.02. The van der Waals surface area contributed by atoms with Crippen LogP contribution in [0, 0.1) is 12.7 Å². The van der Waals surface area contributed by atoms with Gasteiger partial charge in [0.05, 0.1) is 0 Å². The Morgan fingerprint density at radius 2 is 2.03 bits per heavy atom. The molecule has 3 rings (SSSR count). The maximum Gasteiger partial charge on any atom is 0.257 e. The van der Waals surface area contributed by atoms with Crippen molar-refractivity contribution in [3.63, 3.8) is 0 Å². The number of benzene rings is 1. The van der Waals surface area contributed by atoms with Crippen LogP contribution in [0.3, 0.4) is 0 Å². The summed E-state index contributed by atoms with van der Waals surface area (Å²) >= 11 is 0. The molecular weight excluding hydrogens is 373 g/mol. The predicted octanol–water partition coefficient (Wildman–Crippen LogP) is 2.68. The number of nitrogens with zero attached hydrogens (tertiary/aromatic N) is 3. The van der Waals surface area contributed by atoms with Crippen LogP contribution in [0.1, 0.15) is 43.4 Å². The largest absolute Gasteiger partial charge is 0.396 e. The van der Waals surface area contributed by atoms with Crippen LogP contribution >= 0.6 is 0 Å². The van der Waals surface area contributed by atoms with Crippen LogP contribution in [0.25, 0.3) is 11.4 Å². The number of rotatable bonds is 6. The fourth-order valence-electron chi connectivity index (χ4n) is 4.01. The number of aryl methyl sites for hydroxylation is 1. The fourth-order valence-corrected chi connectivity index (χ4v) is 4.01. The molecule has 0 spiro atoms. The van der Waals surface area contributed by atoms with Gasteiger partial charge in [0.25, 0.3) is 5.56 Å². The summed E-state index contributed by atoms with van der Waals surface area (Å²) in [5.41, 5.74) is 0.929. The molecule has 1 aromatic heterocycles. The van der Waals surface area contributed by atoms with E-state index in [0.717, 1.165) is 25.7 Å². The van der Waals surface area contributed by atoms with Crippen molar-refractivity contribution in [1.29, 1.82) is 0 Å². The van der Waals surface area contributed by atoms with Gasteiger partial charge in [-0.1, -0.05) is 31.4 Å². The first kappa shape index (κ1) is 21.2. The van der Waals surface area contributed by atoms with E-state index < -0.39 is 5.82 Å². The first-order valence-corrected chi connectivity index (χ1v) is 10.1. The van der Waals surface area contributed by atoms with E-state index in [1.165, 1.54) is 23.1 Å². The van der Waals surface area contributed by atoms with Crippen molar-refractivity contribution < 1.29 is 14.3 Å². The van der Waals surface area contributed by atoms with Crippen LogP contribution < -0.4 is 5.56 Å². The zero-order chi connectivity index (χ0) is 21.0. The number of carbonyl (C=O) groups is 1. The zero-order valence-electron chi connectivity index (χ0n) is 17.0. The van der Waals surface area contributed by atoms with Crippen LogP contribution in [0.4, 0.5) is 4.39 Å². The van der Waals surface area contributed by atoms with Crippen molar-refractivity contribution in [3.05, 3.63) is 51.7 Å². The molecule has 1 aliphatic rings. The number of aliphatic hydroxyl groups excluding tert-OH is 1. The number of amides is 1. The topological polar surface area (TPSA) is 75.4 Å². The molecule has 0 unspecified atom stereocenters. The highest BCUT2D eigenvalue weighted by atomic mass is 19.1. The summed E-state index contributed by atoms with van der Waals surface area (Å²) in [4.78, 5) is 32.4. The zero-order valence-corrected chi connectivity index (χ0v) is 17.0. The Bertz CT molecular complexity index is 935. The van der Waals surface area contributed by atoms with E-state index in [9.17, 15) is 19.1 Å². The Hall–Kier alpha value is -2.54. The quantitative estimate of drug-likeness (QED) is 0.808. The Morgan fingerprint density at radius 1 is 1.31 bits per heavy atom. The van der Waals surface area contributed by atoms with Gasteiger partial charge >= 0.3 is 0 Å². The van der Waals surface area contributed by atoms with E-state index in [1.807, 2.05) is 0 Å². The first-order chi connectivity index (χ1) is 13.9. The number of hydrogen-bond acceptors (Lipinski definition) is 4. The summed E-state index contributed by atoms with van der Waals surface area (Å²) in [6.07, 6.45) is 5.49. The van der Waals surface area contributed by atoms with Crippen molar-refractivity contribution in [2.75, 3.05) is 13.7 Å². The molecule has 0 aliphatic heterocycles. The highest BCUT2D eigenvalue weighted by Gasteiger charge is 2.24. The van der Waals surface area contributed by atoms with Gasteiger partial charge in [-0.05, 0) is 31.9 Å². The Morgan fingerprint density at radius 3 is 2.69 bits per heavy atom. The van der Waals surface area contributed by atoms with Gasteiger partial charge in [0.15, 0.2) is 0 Å². The van der Waals surface area contributed by atoms with Crippen molar-refractivity contribution >= 4 is 5.91 Å². The summed E-state index contributed by atoms with van der Waals surface area (Å²) in [6.45, 7) is 1.34. The molecule has 0 radical (unpaired) electrons. The lowest BCUT2D eigenvalue weighted by molar-refractivity contribution is -0.133. The van der Waals surface area contributed by atoms with E-state index in [1.54, 1.807) is 31.0 Å². The minimum atomic E-state index is -0.439. The molecule has 7 heteroatoms. The SMILES string of the molecule is Cc1nc(-c2cccc(F)c2)n(CC(=O)N(C)C2CCCCC2)c(=O)c1CCO. The second-order valence-corrected chi connectivity index (χ2v) is 7.67. The molecule has 0 atom stereocenters. The third kappa shape index (κ3) is 4.72. The summed E-state index contributed by atoms with van der Waals surface area (Å²) in [7, 11) is 1.78. The second-order valence-electron chi connectivity index (χ2n) is 7.67. The minimum Gasteiger partial charge on any atom is -0.396 e. The molecule has 1 fully saturated rings. The van der Waals surface area contributed by atoms with Crippen LogP contribution in [-0.2, 0) is 17.8 Å². The minimum absolute atomic E-state index is 0.160. The molecule has 0 bridgehead atoms. The highest BCUT2D eigenvalue weighted by Crippen LogP contribution is 2.23. The average molecular weight is 401 g/mol. The summed E-state index contributed by atoms with van der Waals surface area (Å²) in [5.74, 6) is -0.345. The fraction of sp³-hybridized carbons (Fsp3) is 0.500. The molecule has 1 aromatic carbocycles. The maximum atomic E-state index is 13.8. The Balaban J connectivity index is 2.01. The van der Waals surface area contributed by atoms with E-state index in [-0.39, 0.29) is 42.9 Å².